The maximum absolute atomic E-state index is 13.8. The first-order valence-corrected chi connectivity index (χ1v) is 9.92. The number of ether oxygens (including phenoxy) is 1. The van der Waals surface area contributed by atoms with Crippen LogP contribution in [0.2, 0.25) is 0 Å². The largest absolute Gasteiger partial charge is 0.494 e. The molecule has 0 saturated heterocycles. The lowest BCUT2D eigenvalue weighted by Crippen LogP contribution is -2.13. The van der Waals surface area contributed by atoms with Crippen LogP contribution in [0.4, 0.5) is 9.52 Å². The van der Waals surface area contributed by atoms with Gasteiger partial charge in [-0.3, -0.25) is 4.72 Å². The Morgan fingerprint density at radius 2 is 1.92 bits per heavy atom. The van der Waals surface area contributed by atoms with Crippen LogP contribution in [0.15, 0.2) is 59.5 Å². The first-order chi connectivity index (χ1) is 12.5. The molecule has 132 valence electrons. The van der Waals surface area contributed by atoms with Crippen LogP contribution in [-0.2, 0) is 10.0 Å². The molecule has 1 heterocycles. The monoisotopic (exact) mass is 388 g/mol. The van der Waals surface area contributed by atoms with Crippen LogP contribution in [0.5, 0.6) is 5.75 Å². The van der Waals surface area contributed by atoms with Gasteiger partial charge in [0.2, 0.25) is 0 Å². The molecule has 0 aliphatic carbocycles. The third-order valence-corrected chi connectivity index (χ3v) is 6.34. The van der Waals surface area contributed by atoms with E-state index in [2.05, 4.69) is 9.71 Å². The van der Waals surface area contributed by atoms with E-state index >= 15 is 0 Å². The topological polar surface area (TPSA) is 68.3 Å². The third-order valence-electron chi connectivity index (χ3n) is 3.94. The number of aromatic nitrogens is 1. The van der Waals surface area contributed by atoms with Gasteiger partial charge in [-0.2, -0.15) is 0 Å². The molecule has 0 fully saturated rings. The predicted molar refractivity (Wildman–Crippen MR) is 101 cm³/mol. The van der Waals surface area contributed by atoms with E-state index in [4.69, 9.17) is 4.74 Å². The normalized spacial score (nSPS) is 11.8. The standard InChI is InChI=1S/C18H13FN2O3S2/c1-24-15-8-7-12(10-14(15)19)26(22,23)21-18-20-17-13-5-3-2-4-11(13)6-9-16(17)25-18/h2-10H,1H3,(H,20,21). The second-order valence-electron chi connectivity index (χ2n) is 5.55. The van der Waals surface area contributed by atoms with E-state index in [1.165, 1.54) is 30.6 Å². The van der Waals surface area contributed by atoms with E-state index < -0.39 is 15.8 Å². The van der Waals surface area contributed by atoms with Gasteiger partial charge in [0.15, 0.2) is 16.7 Å². The van der Waals surface area contributed by atoms with Crippen molar-refractivity contribution in [3.05, 3.63) is 60.4 Å². The maximum Gasteiger partial charge on any atom is 0.263 e. The summed E-state index contributed by atoms with van der Waals surface area (Å²) in [6.45, 7) is 0. The molecule has 26 heavy (non-hydrogen) atoms. The summed E-state index contributed by atoms with van der Waals surface area (Å²) in [7, 11) is -2.64. The Hall–Kier alpha value is -2.71. The van der Waals surface area contributed by atoms with Gasteiger partial charge < -0.3 is 4.74 Å². The highest BCUT2D eigenvalue weighted by molar-refractivity contribution is 7.93. The van der Waals surface area contributed by atoms with Gasteiger partial charge in [-0.25, -0.2) is 17.8 Å². The number of anilines is 1. The van der Waals surface area contributed by atoms with Crippen LogP contribution in [0.3, 0.4) is 0 Å². The maximum atomic E-state index is 13.8. The molecule has 4 rings (SSSR count). The van der Waals surface area contributed by atoms with Crippen LogP contribution >= 0.6 is 11.3 Å². The van der Waals surface area contributed by atoms with E-state index in [0.29, 0.717) is 0 Å². The average Bonchev–Trinajstić information content (AvgIpc) is 3.03. The summed E-state index contributed by atoms with van der Waals surface area (Å²) in [5.74, 6) is -0.763. The second-order valence-corrected chi connectivity index (χ2v) is 8.27. The van der Waals surface area contributed by atoms with Gasteiger partial charge in [-0.05, 0) is 29.7 Å². The number of nitrogens with one attached hydrogen (secondary N) is 1. The molecule has 0 aliphatic heterocycles. The molecule has 0 spiro atoms. The molecular weight excluding hydrogens is 375 g/mol. The number of halogens is 1. The molecule has 4 aromatic rings. The molecule has 8 heteroatoms. The summed E-state index contributed by atoms with van der Waals surface area (Å²) in [6.07, 6.45) is 0. The molecule has 0 aliphatic rings. The van der Waals surface area contributed by atoms with E-state index in [9.17, 15) is 12.8 Å². The Balaban J connectivity index is 1.74. The van der Waals surface area contributed by atoms with Crippen LogP contribution in [0.25, 0.3) is 21.0 Å². The van der Waals surface area contributed by atoms with Crippen molar-refractivity contribution in [3.63, 3.8) is 0 Å². The Labute approximate surface area is 153 Å². The zero-order valence-corrected chi connectivity index (χ0v) is 15.2. The molecule has 0 saturated carbocycles. The minimum Gasteiger partial charge on any atom is -0.494 e. The van der Waals surface area contributed by atoms with Gasteiger partial charge in [-0.1, -0.05) is 41.7 Å². The Morgan fingerprint density at radius 1 is 1.12 bits per heavy atom. The van der Waals surface area contributed by atoms with Gasteiger partial charge in [0.1, 0.15) is 0 Å². The molecule has 0 radical (unpaired) electrons. The third kappa shape index (κ3) is 2.87. The fraction of sp³-hybridized carbons (Fsp3) is 0.0556. The number of thiazole rings is 1. The van der Waals surface area contributed by atoms with E-state index in [1.807, 2.05) is 36.4 Å². The summed E-state index contributed by atoms with van der Waals surface area (Å²) in [4.78, 5) is 4.22. The van der Waals surface area contributed by atoms with Gasteiger partial charge in [0.05, 0.1) is 22.2 Å². The Kier molecular flexibility index (Phi) is 4.01. The van der Waals surface area contributed by atoms with Crippen molar-refractivity contribution in [2.24, 2.45) is 0 Å². The van der Waals surface area contributed by atoms with Gasteiger partial charge in [0, 0.05) is 5.39 Å². The summed E-state index contributed by atoms with van der Waals surface area (Å²) in [5.41, 5.74) is 0.728. The van der Waals surface area contributed by atoms with Crippen molar-refractivity contribution in [1.82, 2.24) is 4.98 Å². The molecule has 0 unspecified atom stereocenters. The fourth-order valence-corrected chi connectivity index (χ4v) is 4.82. The molecule has 0 atom stereocenters. The van der Waals surface area contributed by atoms with Crippen LogP contribution < -0.4 is 9.46 Å². The molecular formula is C18H13FN2O3S2. The zero-order valence-electron chi connectivity index (χ0n) is 13.6. The van der Waals surface area contributed by atoms with Crippen LogP contribution in [0.1, 0.15) is 0 Å². The summed E-state index contributed by atoms with van der Waals surface area (Å²) in [6, 6.07) is 15.1. The number of hydrogen-bond acceptors (Lipinski definition) is 5. The quantitative estimate of drug-likeness (QED) is 0.563. The summed E-state index contributed by atoms with van der Waals surface area (Å²) >= 11 is 1.23. The number of rotatable bonds is 4. The minimum atomic E-state index is -3.96. The Morgan fingerprint density at radius 3 is 2.69 bits per heavy atom. The van der Waals surface area contributed by atoms with Crippen LogP contribution in [-0.4, -0.2) is 20.5 Å². The lowest BCUT2D eigenvalue weighted by Gasteiger charge is -2.07. The van der Waals surface area contributed by atoms with E-state index in [0.717, 1.165) is 27.1 Å². The van der Waals surface area contributed by atoms with Crippen molar-refractivity contribution in [1.29, 1.82) is 0 Å². The Bertz CT molecular complexity index is 1240. The first-order valence-electron chi connectivity index (χ1n) is 7.62. The SMILES string of the molecule is COc1ccc(S(=O)(=O)Nc2nc3c(ccc4ccccc43)s2)cc1F. The molecule has 0 bridgehead atoms. The lowest BCUT2D eigenvalue weighted by atomic mass is 10.1. The van der Waals surface area contributed by atoms with E-state index in [-0.39, 0.29) is 15.8 Å². The number of hydrogen-bond donors (Lipinski definition) is 1. The predicted octanol–water partition coefficient (Wildman–Crippen LogP) is 4.40. The van der Waals surface area contributed by atoms with Gasteiger partial charge in [0.25, 0.3) is 10.0 Å². The van der Waals surface area contributed by atoms with E-state index in [1.54, 1.807) is 0 Å². The molecule has 5 nitrogen and oxygen atoms in total. The van der Waals surface area contributed by atoms with Crippen LogP contribution in [0, 0.1) is 5.82 Å². The van der Waals surface area contributed by atoms with Crippen molar-refractivity contribution >= 4 is 47.5 Å². The second kappa shape index (κ2) is 6.22. The van der Waals surface area contributed by atoms with Gasteiger partial charge in [-0.15, -0.1) is 0 Å². The smallest absolute Gasteiger partial charge is 0.263 e. The fourth-order valence-electron chi connectivity index (χ4n) is 2.69. The number of sulfonamides is 1. The average molecular weight is 388 g/mol. The highest BCUT2D eigenvalue weighted by atomic mass is 32.2. The molecule has 0 amide bonds. The van der Waals surface area contributed by atoms with Crippen molar-refractivity contribution in [3.8, 4) is 5.75 Å². The number of nitrogens with zero attached hydrogens (tertiary/aromatic N) is 1. The van der Waals surface area contributed by atoms with Crippen molar-refractivity contribution in [2.45, 2.75) is 4.90 Å². The van der Waals surface area contributed by atoms with Crippen molar-refractivity contribution < 1.29 is 17.5 Å². The van der Waals surface area contributed by atoms with Crippen molar-refractivity contribution in [2.75, 3.05) is 11.8 Å². The molecule has 1 N–H and O–H groups in total. The summed E-state index contributed by atoms with van der Waals surface area (Å²) < 4.78 is 47.0. The zero-order chi connectivity index (χ0) is 18.3. The lowest BCUT2D eigenvalue weighted by molar-refractivity contribution is 0.385. The number of methoxy groups -OCH3 is 1. The molecule has 1 aromatic heterocycles. The minimum absolute atomic E-state index is 0.0181. The number of fused-ring (bicyclic) bond motifs is 3. The van der Waals surface area contributed by atoms with Gasteiger partial charge >= 0.3 is 0 Å². The molecule has 3 aromatic carbocycles. The summed E-state index contributed by atoms with van der Waals surface area (Å²) in [5, 5.41) is 2.20. The number of benzene rings is 3. The highest BCUT2D eigenvalue weighted by Gasteiger charge is 2.19. The highest BCUT2D eigenvalue weighted by Crippen LogP contribution is 2.33. The first kappa shape index (κ1) is 16.7.